The number of ether oxygens (including phenoxy) is 2. The summed E-state index contributed by atoms with van der Waals surface area (Å²) in [5, 5.41) is 4.24. The summed E-state index contributed by atoms with van der Waals surface area (Å²) in [5.41, 5.74) is -0.332. The van der Waals surface area contributed by atoms with Crippen LogP contribution in [0.1, 0.15) is 16.8 Å². The minimum atomic E-state index is -4.16. The van der Waals surface area contributed by atoms with E-state index in [1.165, 1.54) is 0 Å². The van der Waals surface area contributed by atoms with Crippen LogP contribution in [-0.2, 0) is 19.5 Å². The van der Waals surface area contributed by atoms with Gasteiger partial charge in [-0.25, -0.2) is 18.4 Å². The van der Waals surface area contributed by atoms with Crippen LogP contribution in [0, 0.1) is 0 Å². The van der Waals surface area contributed by atoms with E-state index >= 15 is 0 Å². The Bertz CT molecular complexity index is 686. The molecule has 1 atom stereocenters. The van der Waals surface area contributed by atoms with Gasteiger partial charge in [-0.15, -0.1) is 0 Å². The molecule has 1 aliphatic heterocycles. The van der Waals surface area contributed by atoms with Crippen molar-refractivity contribution in [3.63, 3.8) is 0 Å². The molecule has 0 saturated carbocycles. The van der Waals surface area contributed by atoms with Crippen molar-refractivity contribution < 1.29 is 22.7 Å². The number of carbonyl (C=O) groups excluding carboxylic acids is 1. The maximum absolute atomic E-state index is 12.1. The highest BCUT2D eigenvalue weighted by Crippen LogP contribution is 2.37. The molecular weight excluding hydrogens is 365 g/mol. The zero-order valence-corrected chi connectivity index (χ0v) is 13.5. The fraction of sp³-hybridized carbons (Fsp3) is 0.364. The lowest BCUT2D eigenvalue weighted by molar-refractivity contribution is 0.0271. The molecule has 0 spiro atoms. The molecule has 10 heteroatoms. The van der Waals surface area contributed by atoms with Gasteiger partial charge in [0.2, 0.25) is 10.0 Å². The monoisotopic (exact) mass is 373 g/mol. The van der Waals surface area contributed by atoms with Crippen molar-refractivity contribution in [2.24, 2.45) is 5.14 Å². The van der Waals surface area contributed by atoms with Crippen LogP contribution in [0.2, 0.25) is 15.1 Å². The van der Waals surface area contributed by atoms with Crippen molar-refractivity contribution in [1.82, 2.24) is 0 Å². The molecule has 1 heterocycles. The van der Waals surface area contributed by atoms with Gasteiger partial charge in [0.15, 0.2) is 0 Å². The van der Waals surface area contributed by atoms with Crippen LogP contribution in [0.3, 0.4) is 0 Å². The summed E-state index contributed by atoms with van der Waals surface area (Å²) in [6.07, 6.45) is 0.0883. The van der Waals surface area contributed by atoms with Crippen molar-refractivity contribution in [3.8, 4) is 0 Å². The Labute approximate surface area is 136 Å². The van der Waals surface area contributed by atoms with Crippen LogP contribution < -0.4 is 5.14 Å². The zero-order valence-electron chi connectivity index (χ0n) is 10.4. The van der Waals surface area contributed by atoms with Gasteiger partial charge in [-0.05, 0) is 6.07 Å². The van der Waals surface area contributed by atoms with Crippen molar-refractivity contribution in [2.75, 3.05) is 13.2 Å². The molecule has 1 aliphatic rings. The molecule has 0 aromatic heterocycles. The van der Waals surface area contributed by atoms with Crippen LogP contribution in [0.25, 0.3) is 0 Å². The molecule has 1 aromatic carbocycles. The van der Waals surface area contributed by atoms with E-state index in [1.807, 2.05) is 0 Å². The Morgan fingerprint density at radius 1 is 1.33 bits per heavy atom. The van der Waals surface area contributed by atoms with Crippen molar-refractivity contribution in [2.45, 2.75) is 17.4 Å². The van der Waals surface area contributed by atoms with E-state index in [0.29, 0.717) is 13.0 Å². The third-order valence-corrected chi connectivity index (χ3v) is 5.02. The first-order valence-electron chi connectivity index (χ1n) is 5.71. The van der Waals surface area contributed by atoms with Gasteiger partial charge < -0.3 is 9.47 Å². The number of nitrogens with two attached hydrogens (primary N) is 1. The number of halogens is 3. The van der Waals surface area contributed by atoms with E-state index in [0.717, 1.165) is 6.07 Å². The molecule has 0 amide bonds. The molecule has 2 N–H and O–H groups in total. The van der Waals surface area contributed by atoms with Gasteiger partial charge in [0, 0.05) is 6.42 Å². The predicted octanol–water partition coefficient (Wildman–Crippen LogP) is 2.24. The summed E-state index contributed by atoms with van der Waals surface area (Å²) in [5.74, 6) is -0.882. The average molecular weight is 375 g/mol. The highest BCUT2D eigenvalue weighted by Gasteiger charge is 2.29. The van der Waals surface area contributed by atoms with Crippen LogP contribution >= 0.6 is 34.8 Å². The minimum absolute atomic E-state index is 0.167. The van der Waals surface area contributed by atoms with Gasteiger partial charge in [-0.2, -0.15) is 0 Å². The average Bonchev–Trinajstić information content (AvgIpc) is 2.85. The largest absolute Gasteiger partial charge is 0.456 e. The van der Waals surface area contributed by atoms with Crippen LogP contribution in [0.15, 0.2) is 11.0 Å². The lowest BCUT2D eigenvalue weighted by Crippen LogP contribution is -2.20. The first-order valence-corrected chi connectivity index (χ1v) is 8.39. The lowest BCUT2D eigenvalue weighted by Gasteiger charge is -2.14. The quantitative estimate of drug-likeness (QED) is 0.646. The van der Waals surface area contributed by atoms with E-state index in [2.05, 4.69) is 0 Å². The van der Waals surface area contributed by atoms with Crippen molar-refractivity contribution >= 4 is 50.8 Å². The Morgan fingerprint density at radius 2 is 2.00 bits per heavy atom. The summed E-state index contributed by atoms with van der Waals surface area (Å²) in [6.45, 7) is 0.723. The molecule has 21 heavy (non-hydrogen) atoms. The highest BCUT2D eigenvalue weighted by molar-refractivity contribution is 7.89. The molecule has 1 saturated heterocycles. The fourth-order valence-electron chi connectivity index (χ4n) is 1.78. The molecule has 0 aliphatic carbocycles. The summed E-state index contributed by atoms with van der Waals surface area (Å²) >= 11 is 17.6. The normalized spacial score (nSPS) is 18.8. The maximum Gasteiger partial charge on any atom is 0.341 e. The Kier molecular flexibility index (Phi) is 5.02. The molecule has 0 radical (unpaired) electrons. The van der Waals surface area contributed by atoms with E-state index < -0.39 is 32.0 Å². The number of hydrogen-bond donors (Lipinski definition) is 1. The maximum atomic E-state index is 12.1. The fourth-order valence-corrected chi connectivity index (χ4v) is 3.51. The van der Waals surface area contributed by atoms with Gasteiger partial charge in [0.25, 0.3) is 0 Å². The van der Waals surface area contributed by atoms with Gasteiger partial charge in [0.05, 0.1) is 33.8 Å². The first-order chi connectivity index (χ1) is 9.71. The van der Waals surface area contributed by atoms with Crippen molar-refractivity contribution in [1.29, 1.82) is 0 Å². The topological polar surface area (TPSA) is 95.7 Å². The molecule has 6 nitrogen and oxygen atoms in total. The third kappa shape index (κ3) is 3.61. The molecule has 1 aromatic rings. The van der Waals surface area contributed by atoms with Gasteiger partial charge in [-0.1, -0.05) is 34.8 Å². The number of hydrogen-bond acceptors (Lipinski definition) is 5. The number of esters is 1. The van der Waals surface area contributed by atoms with Gasteiger partial charge in [0.1, 0.15) is 11.0 Å². The molecule has 2 rings (SSSR count). The molecule has 1 unspecified atom stereocenters. The second-order valence-electron chi connectivity index (χ2n) is 4.30. The Morgan fingerprint density at radius 3 is 2.52 bits per heavy atom. The number of primary sulfonamides is 1. The number of benzene rings is 1. The Balaban J connectivity index is 2.46. The standard InChI is InChI=1S/C11H10Cl3NO5S/c12-6-3-7(21(15,17)18)10(14)8(9(6)13)11(16)20-5-1-2-19-4-5/h3,5H,1-2,4H2,(H2,15,17,18). The minimum Gasteiger partial charge on any atom is -0.456 e. The molecule has 1 fully saturated rings. The summed E-state index contributed by atoms with van der Waals surface area (Å²) in [7, 11) is -4.16. The van der Waals surface area contributed by atoms with E-state index in [9.17, 15) is 13.2 Å². The second-order valence-corrected chi connectivity index (χ2v) is 6.99. The zero-order chi connectivity index (χ0) is 15.8. The van der Waals surface area contributed by atoms with Gasteiger partial charge in [-0.3, -0.25) is 0 Å². The smallest absolute Gasteiger partial charge is 0.341 e. The van der Waals surface area contributed by atoms with Crippen LogP contribution in [-0.4, -0.2) is 33.7 Å². The second kappa shape index (κ2) is 6.28. The first kappa shape index (κ1) is 16.8. The third-order valence-electron chi connectivity index (χ3n) is 2.80. The number of rotatable bonds is 3. The summed E-state index contributed by atoms with van der Waals surface area (Å²) in [4.78, 5) is 11.6. The Hall–Kier alpha value is -0.570. The molecule has 0 bridgehead atoms. The molecular formula is C11H10Cl3NO5S. The number of carbonyl (C=O) groups is 1. The van der Waals surface area contributed by atoms with Gasteiger partial charge >= 0.3 is 5.97 Å². The summed E-state index contributed by atoms with van der Waals surface area (Å²) < 4.78 is 33.1. The summed E-state index contributed by atoms with van der Waals surface area (Å²) in [6, 6.07) is 0.983. The van der Waals surface area contributed by atoms with E-state index in [-0.39, 0.29) is 22.2 Å². The highest BCUT2D eigenvalue weighted by atomic mass is 35.5. The predicted molar refractivity (Wildman–Crippen MR) is 77.5 cm³/mol. The van der Waals surface area contributed by atoms with E-state index in [4.69, 9.17) is 49.4 Å². The lowest BCUT2D eigenvalue weighted by atomic mass is 10.2. The molecule has 116 valence electrons. The SMILES string of the molecule is NS(=O)(=O)c1cc(Cl)c(Cl)c(C(=O)OC2CCOC2)c1Cl. The van der Waals surface area contributed by atoms with E-state index in [1.54, 1.807) is 0 Å². The van der Waals surface area contributed by atoms with Crippen molar-refractivity contribution in [3.05, 3.63) is 26.7 Å². The van der Waals surface area contributed by atoms with Crippen LogP contribution in [0.4, 0.5) is 0 Å². The van der Waals surface area contributed by atoms with Crippen LogP contribution in [0.5, 0.6) is 0 Å². The number of sulfonamides is 1.